The van der Waals surface area contributed by atoms with E-state index in [2.05, 4.69) is 31.0 Å². The SMILES string of the molecule is COCCCCCN1CCC(CNC(C)(C)C)C1. The predicted molar refractivity (Wildman–Crippen MR) is 78.0 cm³/mol. The van der Waals surface area contributed by atoms with Crippen molar-refractivity contribution in [2.75, 3.05) is 39.9 Å². The molecule has 1 rings (SSSR count). The summed E-state index contributed by atoms with van der Waals surface area (Å²) in [4.78, 5) is 2.63. The molecule has 108 valence electrons. The highest BCUT2D eigenvalue weighted by Gasteiger charge is 2.23. The van der Waals surface area contributed by atoms with Crippen LogP contribution in [0.1, 0.15) is 46.5 Å². The molecule has 18 heavy (non-hydrogen) atoms. The third kappa shape index (κ3) is 7.34. The molecule has 0 radical (unpaired) electrons. The van der Waals surface area contributed by atoms with E-state index in [1.807, 2.05) is 0 Å². The zero-order valence-corrected chi connectivity index (χ0v) is 12.8. The molecule has 1 N–H and O–H groups in total. The minimum Gasteiger partial charge on any atom is -0.385 e. The zero-order chi connectivity index (χ0) is 13.4. The summed E-state index contributed by atoms with van der Waals surface area (Å²) < 4.78 is 5.07. The summed E-state index contributed by atoms with van der Waals surface area (Å²) in [6.45, 7) is 12.7. The highest BCUT2D eigenvalue weighted by Crippen LogP contribution is 2.17. The van der Waals surface area contributed by atoms with E-state index in [0.29, 0.717) is 0 Å². The standard InChI is InChI=1S/C15H32N2O/c1-15(2,3)16-12-14-8-10-17(13-14)9-6-5-7-11-18-4/h14,16H,5-13H2,1-4H3. The monoisotopic (exact) mass is 256 g/mol. The topological polar surface area (TPSA) is 24.5 Å². The Labute approximate surface area is 113 Å². The van der Waals surface area contributed by atoms with Gasteiger partial charge in [-0.05, 0) is 72.0 Å². The van der Waals surface area contributed by atoms with Gasteiger partial charge in [0.05, 0.1) is 0 Å². The molecule has 0 aromatic heterocycles. The maximum absolute atomic E-state index is 5.07. The summed E-state index contributed by atoms with van der Waals surface area (Å²) in [7, 11) is 1.79. The van der Waals surface area contributed by atoms with Crippen LogP contribution in [0.3, 0.4) is 0 Å². The quantitative estimate of drug-likeness (QED) is 0.675. The molecule has 3 nitrogen and oxygen atoms in total. The smallest absolute Gasteiger partial charge is 0.0462 e. The third-order valence-corrected chi connectivity index (χ3v) is 3.61. The number of hydrogen-bond acceptors (Lipinski definition) is 3. The van der Waals surface area contributed by atoms with Gasteiger partial charge in [0.25, 0.3) is 0 Å². The molecule has 1 unspecified atom stereocenters. The Balaban J connectivity index is 2.03. The van der Waals surface area contributed by atoms with Crippen LogP contribution in [0.25, 0.3) is 0 Å². The first kappa shape index (κ1) is 15.9. The number of ether oxygens (including phenoxy) is 1. The largest absolute Gasteiger partial charge is 0.385 e. The van der Waals surface area contributed by atoms with Crippen molar-refractivity contribution >= 4 is 0 Å². The van der Waals surface area contributed by atoms with Gasteiger partial charge in [0.2, 0.25) is 0 Å². The van der Waals surface area contributed by atoms with Crippen molar-refractivity contribution in [1.29, 1.82) is 0 Å². The van der Waals surface area contributed by atoms with Crippen LogP contribution < -0.4 is 5.32 Å². The summed E-state index contributed by atoms with van der Waals surface area (Å²) in [5.74, 6) is 0.850. The van der Waals surface area contributed by atoms with Gasteiger partial charge in [0.1, 0.15) is 0 Å². The molecule has 1 fully saturated rings. The fourth-order valence-electron chi connectivity index (χ4n) is 2.49. The minimum absolute atomic E-state index is 0.258. The lowest BCUT2D eigenvalue weighted by molar-refractivity contribution is 0.190. The molecule has 0 amide bonds. The van der Waals surface area contributed by atoms with Gasteiger partial charge >= 0.3 is 0 Å². The predicted octanol–water partition coefficient (Wildman–Crippen LogP) is 2.51. The van der Waals surface area contributed by atoms with Gasteiger partial charge < -0.3 is 15.0 Å². The lowest BCUT2D eigenvalue weighted by Gasteiger charge is -2.23. The van der Waals surface area contributed by atoms with Crippen LogP contribution in [0.2, 0.25) is 0 Å². The van der Waals surface area contributed by atoms with E-state index in [-0.39, 0.29) is 5.54 Å². The van der Waals surface area contributed by atoms with E-state index in [1.165, 1.54) is 51.9 Å². The highest BCUT2D eigenvalue weighted by atomic mass is 16.5. The van der Waals surface area contributed by atoms with Crippen LogP contribution in [0.15, 0.2) is 0 Å². The Hall–Kier alpha value is -0.120. The normalized spacial score (nSPS) is 21.7. The van der Waals surface area contributed by atoms with E-state index >= 15 is 0 Å². The van der Waals surface area contributed by atoms with Crippen LogP contribution in [0.5, 0.6) is 0 Å². The highest BCUT2D eigenvalue weighted by molar-refractivity contribution is 4.80. The maximum atomic E-state index is 5.07. The van der Waals surface area contributed by atoms with Crippen molar-refractivity contribution in [3.63, 3.8) is 0 Å². The molecule has 1 heterocycles. The summed E-state index contributed by atoms with van der Waals surface area (Å²) in [5, 5.41) is 3.63. The molecule has 0 bridgehead atoms. The number of nitrogens with one attached hydrogen (secondary N) is 1. The molecule has 1 aliphatic heterocycles. The van der Waals surface area contributed by atoms with Crippen LogP contribution in [0, 0.1) is 5.92 Å². The number of unbranched alkanes of at least 4 members (excludes halogenated alkanes) is 2. The van der Waals surface area contributed by atoms with Crippen LogP contribution >= 0.6 is 0 Å². The summed E-state index contributed by atoms with van der Waals surface area (Å²) >= 11 is 0. The van der Waals surface area contributed by atoms with Gasteiger partial charge in [-0.2, -0.15) is 0 Å². The molecule has 0 aliphatic carbocycles. The third-order valence-electron chi connectivity index (χ3n) is 3.61. The number of rotatable bonds is 8. The van der Waals surface area contributed by atoms with Gasteiger partial charge in [-0.25, -0.2) is 0 Å². The Morgan fingerprint density at radius 3 is 2.67 bits per heavy atom. The molecule has 1 saturated heterocycles. The van der Waals surface area contributed by atoms with Crippen LogP contribution in [-0.2, 0) is 4.74 Å². The van der Waals surface area contributed by atoms with Crippen LogP contribution in [0.4, 0.5) is 0 Å². The molecule has 0 spiro atoms. The fourth-order valence-corrected chi connectivity index (χ4v) is 2.49. The summed E-state index contributed by atoms with van der Waals surface area (Å²) in [6, 6.07) is 0. The van der Waals surface area contributed by atoms with Crippen molar-refractivity contribution in [3.8, 4) is 0 Å². The summed E-state index contributed by atoms with van der Waals surface area (Å²) in [5.41, 5.74) is 0.258. The van der Waals surface area contributed by atoms with E-state index in [1.54, 1.807) is 7.11 Å². The van der Waals surface area contributed by atoms with Gasteiger partial charge in [0.15, 0.2) is 0 Å². The fraction of sp³-hybridized carbons (Fsp3) is 1.00. The van der Waals surface area contributed by atoms with Crippen molar-refractivity contribution in [3.05, 3.63) is 0 Å². The molecule has 0 aromatic rings. The molecular formula is C15H32N2O. The minimum atomic E-state index is 0.258. The van der Waals surface area contributed by atoms with Crippen molar-refractivity contribution in [2.24, 2.45) is 5.92 Å². The first-order valence-electron chi connectivity index (χ1n) is 7.47. The molecule has 0 saturated carbocycles. The van der Waals surface area contributed by atoms with Crippen molar-refractivity contribution in [2.45, 2.75) is 52.0 Å². The number of methoxy groups -OCH3 is 1. The lowest BCUT2D eigenvalue weighted by atomic mass is 10.1. The van der Waals surface area contributed by atoms with E-state index in [9.17, 15) is 0 Å². The summed E-state index contributed by atoms with van der Waals surface area (Å²) in [6.07, 6.45) is 5.19. The van der Waals surface area contributed by atoms with Gasteiger partial charge in [-0.3, -0.25) is 0 Å². The van der Waals surface area contributed by atoms with Crippen molar-refractivity contribution in [1.82, 2.24) is 10.2 Å². The van der Waals surface area contributed by atoms with E-state index < -0.39 is 0 Å². The average molecular weight is 256 g/mol. The zero-order valence-electron chi connectivity index (χ0n) is 12.8. The Morgan fingerprint density at radius 1 is 1.22 bits per heavy atom. The molecule has 3 heteroatoms. The van der Waals surface area contributed by atoms with Crippen LogP contribution in [-0.4, -0.2) is 50.3 Å². The van der Waals surface area contributed by atoms with Gasteiger partial charge in [-0.15, -0.1) is 0 Å². The van der Waals surface area contributed by atoms with Gasteiger partial charge in [0, 0.05) is 25.8 Å². The van der Waals surface area contributed by atoms with Gasteiger partial charge in [-0.1, -0.05) is 0 Å². The first-order chi connectivity index (χ1) is 8.51. The molecule has 1 atom stereocenters. The number of hydrogen-bond donors (Lipinski definition) is 1. The van der Waals surface area contributed by atoms with Crippen molar-refractivity contribution < 1.29 is 4.74 Å². The molecule has 1 aliphatic rings. The Morgan fingerprint density at radius 2 is 2.00 bits per heavy atom. The molecule has 0 aromatic carbocycles. The second-order valence-electron chi connectivity index (χ2n) is 6.64. The second-order valence-corrected chi connectivity index (χ2v) is 6.64. The van der Waals surface area contributed by atoms with E-state index in [4.69, 9.17) is 4.74 Å². The average Bonchev–Trinajstić information content (AvgIpc) is 2.73. The molecular weight excluding hydrogens is 224 g/mol. The first-order valence-corrected chi connectivity index (χ1v) is 7.47. The number of nitrogens with zero attached hydrogens (tertiary/aromatic N) is 1. The maximum Gasteiger partial charge on any atom is 0.0462 e. The van der Waals surface area contributed by atoms with E-state index in [0.717, 1.165) is 12.5 Å². The Bertz CT molecular complexity index is 213. The Kier molecular flexibility index (Phi) is 7.20. The second kappa shape index (κ2) is 8.13. The lowest BCUT2D eigenvalue weighted by Crippen LogP contribution is -2.39. The number of likely N-dealkylation sites (tertiary alicyclic amines) is 1.